The lowest BCUT2D eigenvalue weighted by atomic mass is 9.72. The number of carbonyl (C=O) groups is 1. The quantitative estimate of drug-likeness (QED) is 0.558. The zero-order valence-corrected chi connectivity index (χ0v) is 18.9. The first-order valence-electron chi connectivity index (χ1n) is 10.8. The van der Waals surface area contributed by atoms with Gasteiger partial charge in [0.15, 0.2) is 11.5 Å². The number of nitrogens with zero attached hydrogens (tertiary/aromatic N) is 2. The van der Waals surface area contributed by atoms with Crippen LogP contribution >= 0.6 is 11.3 Å². The zero-order chi connectivity index (χ0) is 21.8. The molecule has 158 valence electrons. The third-order valence-corrected chi connectivity index (χ3v) is 7.91. The average Bonchev–Trinajstić information content (AvgIpc) is 3.33. The third-order valence-electron chi connectivity index (χ3n) is 6.74. The Kier molecular flexibility index (Phi) is 4.75. The number of benzene rings is 1. The van der Waals surface area contributed by atoms with E-state index in [9.17, 15) is 10.1 Å². The van der Waals surface area contributed by atoms with Crippen LogP contribution in [0.1, 0.15) is 64.8 Å². The summed E-state index contributed by atoms with van der Waals surface area (Å²) in [7, 11) is 0. The molecule has 6 heteroatoms. The van der Waals surface area contributed by atoms with Gasteiger partial charge in [0.2, 0.25) is 0 Å². The number of hydrogen-bond acceptors (Lipinski definition) is 5. The molecular weight excluding hydrogens is 406 g/mol. The number of rotatable bonds is 2. The van der Waals surface area contributed by atoms with E-state index in [1.807, 2.05) is 18.2 Å². The van der Waals surface area contributed by atoms with Gasteiger partial charge in [-0.05, 0) is 54.6 Å². The lowest BCUT2D eigenvalue weighted by Crippen LogP contribution is -2.26. The summed E-state index contributed by atoms with van der Waals surface area (Å²) in [6.45, 7) is 6.82. The van der Waals surface area contributed by atoms with Crippen LogP contribution in [0.3, 0.4) is 0 Å². The molecule has 31 heavy (non-hydrogen) atoms. The van der Waals surface area contributed by atoms with Crippen LogP contribution in [-0.4, -0.2) is 11.1 Å². The molecule has 0 unspecified atom stereocenters. The van der Waals surface area contributed by atoms with Gasteiger partial charge in [0.05, 0.1) is 5.56 Å². The standard InChI is InChI=1S/C25H25N3O2S/c1-25(2,3)15-9-11-17-19(13-26)24(31-20(17)12-15)27-23(29)21-18-10-8-14-6-4-5-7-16(14)22(18)30-28-21/h4-7,15H,8-12H2,1-3H3,(H,27,29)/t15-/m1/s1. The highest BCUT2D eigenvalue weighted by Crippen LogP contribution is 2.44. The van der Waals surface area contributed by atoms with Crippen molar-refractivity contribution in [1.29, 1.82) is 5.26 Å². The maximum atomic E-state index is 13.1. The second-order valence-electron chi connectivity index (χ2n) is 9.58. The summed E-state index contributed by atoms with van der Waals surface area (Å²) in [5.74, 6) is 0.967. The van der Waals surface area contributed by atoms with Crippen LogP contribution in [0.25, 0.3) is 11.3 Å². The topological polar surface area (TPSA) is 78.9 Å². The van der Waals surface area contributed by atoms with E-state index in [1.165, 1.54) is 10.4 Å². The first-order chi connectivity index (χ1) is 14.9. The molecule has 5 rings (SSSR count). The maximum absolute atomic E-state index is 13.1. The first-order valence-corrected chi connectivity index (χ1v) is 11.6. The molecular formula is C25H25N3O2S. The van der Waals surface area contributed by atoms with Crippen LogP contribution in [0.2, 0.25) is 0 Å². The summed E-state index contributed by atoms with van der Waals surface area (Å²) in [5, 5.41) is 17.5. The maximum Gasteiger partial charge on any atom is 0.278 e. The molecule has 2 heterocycles. The van der Waals surface area contributed by atoms with Gasteiger partial charge in [-0.25, -0.2) is 0 Å². The number of nitrogens with one attached hydrogen (secondary N) is 1. The molecule has 0 saturated carbocycles. The second-order valence-corrected chi connectivity index (χ2v) is 10.7. The van der Waals surface area contributed by atoms with E-state index in [4.69, 9.17) is 4.52 Å². The predicted octanol–water partition coefficient (Wildman–Crippen LogP) is 5.78. The van der Waals surface area contributed by atoms with Crippen molar-refractivity contribution in [3.8, 4) is 17.4 Å². The number of nitriles is 1. The van der Waals surface area contributed by atoms with Crippen molar-refractivity contribution in [2.75, 3.05) is 5.32 Å². The van der Waals surface area contributed by atoms with Crippen molar-refractivity contribution in [3.05, 3.63) is 57.1 Å². The van der Waals surface area contributed by atoms with E-state index in [-0.39, 0.29) is 11.3 Å². The van der Waals surface area contributed by atoms with Crippen molar-refractivity contribution < 1.29 is 9.32 Å². The van der Waals surface area contributed by atoms with E-state index >= 15 is 0 Å². The summed E-state index contributed by atoms with van der Waals surface area (Å²) < 4.78 is 5.59. The minimum absolute atomic E-state index is 0.230. The molecule has 1 aromatic carbocycles. The number of fused-ring (bicyclic) bond motifs is 4. The molecule has 2 aromatic heterocycles. The summed E-state index contributed by atoms with van der Waals surface area (Å²) in [5.41, 5.74) is 5.35. The summed E-state index contributed by atoms with van der Waals surface area (Å²) >= 11 is 1.55. The number of carbonyl (C=O) groups excluding carboxylic acids is 1. The second kappa shape index (κ2) is 7.35. The van der Waals surface area contributed by atoms with Gasteiger partial charge in [0, 0.05) is 16.0 Å². The van der Waals surface area contributed by atoms with E-state index in [2.05, 4.69) is 43.4 Å². The Hall–Kier alpha value is -2.91. The smallest absolute Gasteiger partial charge is 0.278 e. The predicted molar refractivity (Wildman–Crippen MR) is 121 cm³/mol. The highest BCUT2D eigenvalue weighted by atomic mass is 32.1. The fourth-order valence-corrected chi connectivity index (χ4v) is 6.12. The molecule has 5 nitrogen and oxygen atoms in total. The van der Waals surface area contributed by atoms with Crippen molar-refractivity contribution in [2.45, 2.75) is 52.9 Å². The zero-order valence-electron chi connectivity index (χ0n) is 18.0. The van der Waals surface area contributed by atoms with Crippen LogP contribution in [0.4, 0.5) is 5.00 Å². The minimum Gasteiger partial charge on any atom is -0.355 e. The number of amides is 1. The Bertz CT molecular complexity index is 1220. The Morgan fingerprint density at radius 3 is 2.81 bits per heavy atom. The number of aromatic nitrogens is 1. The van der Waals surface area contributed by atoms with Gasteiger partial charge in [0.25, 0.3) is 5.91 Å². The van der Waals surface area contributed by atoms with Gasteiger partial charge >= 0.3 is 0 Å². The minimum atomic E-state index is -0.299. The highest BCUT2D eigenvalue weighted by Gasteiger charge is 2.33. The molecule has 1 N–H and O–H groups in total. The van der Waals surface area contributed by atoms with Gasteiger partial charge in [-0.1, -0.05) is 50.2 Å². The largest absolute Gasteiger partial charge is 0.355 e. The van der Waals surface area contributed by atoms with Crippen LogP contribution in [0.15, 0.2) is 28.8 Å². The Labute approximate surface area is 186 Å². The number of aryl methyl sites for hydroxylation is 1. The van der Waals surface area contributed by atoms with Crippen molar-refractivity contribution in [1.82, 2.24) is 5.16 Å². The summed E-state index contributed by atoms with van der Waals surface area (Å²) in [4.78, 5) is 14.4. The Morgan fingerprint density at radius 2 is 2.03 bits per heavy atom. The average molecular weight is 432 g/mol. The lowest BCUT2D eigenvalue weighted by Gasteiger charge is -2.33. The molecule has 0 fully saturated rings. The molecule has 2 aliphatic carbocycles. The third kappa shape index (κ3) is 3.37. The lowest BCUT2D eigenvalue weighted by molar-refractivity contribution is 0.101. The van der Waals surface area contributed by atoms with Gasteiger partial charge in [-0.2, -0.15) is 5.26 Å². The van der Waals surface area contributed by atoms with Gasteiger partial charge in [0.1, 0.15) is 11.1 Å². The highest BCUT2D eigenvalue weighted by molar-refractivity contribution is 7.16. The number of thiophene rings is 1. The van der Waals surface area contributed by atoms with Crippen molar-refractivity contribution in [3.63, 3.8) is 0 Å². The fourth-order valence-electron chi connectivity index (χ4n) is 4.84. The SMILES string of the molecule is CC(C)(C)[C@@H]1CCc2c(sc(NC(=O)c3noc4c3CCc3ccccc3-4)c2C#N)C1. The van der Waals surface area contributed by atoms with E-state index in [0.717, 1.165) is 48.8 Å². The summed E-state index contributed by atoms with van der Waals surface area (Å²) in [6, 6.07) is 10.4. The van der Waals surface area contributed by atoms with Crippen molar-refractivity contribution >= 4 is 22.2 Å². The Morgan fingerprint density at radius 1 is 1.23 bits per heavy atom. The molecule has 1 amide bonds. The molecule has 3 aromatic rings. The van der Waals surface area contributed by atoms with Crippen LogP contribution in [0.5, 0.6) is 0 Å². The number of hydrogen-bond donors (Lipinski definition) is 1. The fraction of sp³-hybridized carbons (Fsp3) is 0.400. The molecule has 1 atom stereocenters. The van der Waals surface area contributed by atoms with Crippen molar-refractivity contribution in [2.24, 2.45) is 11.3 Å². The molecule has 2 aliphatic rings. The molecule has 0 spiro atoms. The van der Waals surface area contributed by atoms with Gasteiger partial charge in [-0.3, -0.25) is 4.79 Å². The van der Waals surface area contributed by atoms with Gasteiger partial charge < -0.3 is 9.84 Å². The van der Waals surface area contributed by atoms with E-state index < -0.39 is 0 Å². The van der Waals surface area contributed by atoms with Crippen LogP contribution < -0.4 is 5.32 Å². The molecule has 0 radical (unpaired) electrons. The summed E-state index contributed by atoms with van der Waals surface area (Å²) in [6.07, 6.45) is 4.51. The van der Waals surface area contributed by atoms with Crippen LogP contribution in [-0.2, 0) is 25.7 Å². The molecule has 0 saturated heterocycles. The van der Waals surface area contributed by atoms with E-state index in [0.29, 0.717) is 27.9 Å². The Balaban J connectivity index is 1.44. The van der Waals surface area contributed by atoms with Crippen LogP contribution in [0, 0.1) is 22.7 Å². The molecule has 0 aliphatic heterocycles. The number of anilines is 1. The normalized spacial score (nSPS) is 17.3. The van der Waals surface area contributed by atoms with Gasteiger partial charge in [-0.15, -0.1) is 11.3 Å². The van der Waals surface area contributed by atoms with E-state index in [1.54, 1.807) is 11.3 Å². The molecule has 0 bridgehead atoms. The monoisotopic (exact) mass is 431 g/mol. The first kappa shape index (κ1) is 20.0.